The van der Waals surface area contributed by atoms with E-state index in [4.69, 9.17) is 4.74 Å². The van der Waals surface area contributed by atoms with Crippen molar-refractivity contribution in [2.24, 2.45) is 0 Å². The van der Waals surface area contributed by atoms with Crippen molar-refractivity contribution in [1.82, 2.24) is 24.6 Å². The van der Waals surface area contributed by atoms with Crippen molar-refractivity contribution in [3.05, 3.63) is 48.8 Å². The molecule has 0 aliphatic heterocycles. The van der Waals surface area contributed by atoms with Gasteiger partial charge in [0.15, 0.2) is 11.0 Å². The largest absolute Gasteiger partial charge is 0.497 e. The Morgan fingerprint density at radius 1 is 1.16 bits per heavy atom. The molecular formula is C23H27N5O2S. The fourth-order valence-corrected chi connectivity index (χ4v) is 4.81. The highest BCUT2D eigenvalue weighted by atomic mass is 32.2. The van der Waals surface area contributed by atoms with Crippen LogP contribution < -0.4 is 4.74 Å². The van der Waals surface area contributed by atoms with Crippen LogP contribution in [0.1, 0.15) is 32.1 Å². The number of carbonyl (C=O) groups is 1. The zero-order valence-electron chi connectivity index (χ0n) is 17.9. The minimum Gasteiger partial charge on any atom is -0.497 e. The van der Waals surface area contributed by atoms with E-state index in [2.05, 4.69) is 15.2 Å². The highest BCUT2D eigenvalue weighted by molar-refractivity contribution is 7.99. The van der Waals surface area contributed by atoms with Gasteiger partial charge in [-0.3, -0.25) is 14.3 Å². The third kappa shape index (κ3) is 4.90. The molecule has 0 atom stereocenters. The molecule has 1 amide bonds. The summed E-state index contributed by atoms with van der Waals surface area (Å²) in [5, 5.41) is 9.51. The van der Waals surface area contributed by atoms with Crippen molar-refractivity contribution in [3.63, 3.8) is 0 Å². The van der Waals surface area contributed by atoms with Crippen molar-refractivity contribution in [1.29, 1.82) is 0 Å². The smallest absolute Gasteiger partial charge is 0.233 e. The predicted molar refractivity (Wildman–Crippen MR) is 122 cm³/mol. The SMILES string of the molecule is COc1cccc(-n2c(SCC(=O)N(C)C3CCCCC3)nnc2-c2ccncc2)c1. The van der Waals surface area contributed by atoms with Crippen molar-refractivity contribution in [2.75, 3.05) is 19.9 Å². The second kappa shape index (κ2) is 9.96. The van der Waals surface area contributed by atoms with Gasteiger partial charge in [-0.05, 0) is 37.1 Å². The number of benzene rings is 1. The molecule has 2 heterocycles. The van der Waals surface area contributed by atoms with Crippen LogP contribution in [-0.2, 0) is 4.79 Å². The molecule has 31 heavy (non-hydrogen) atoms. The number of amides is 1. The van der Waals surface area contributed by atoms with Crippen molar-refractivity contribution in [3.8, 4) is 22.8 Å². The first-order valence-corrected chi connectivity index (χ1v) is 11.5. The summed E-state index contributed by atoms with van der Waals surface area (Å²) in [5.41, 5.74) is 1.79. The minimum absolute atomic E-state index is 0.127. The Hall–Kier alpha value is -2.87. The van der Waals surface area contributed by atoms with Gasteiger partial charge in [0.05, 0.1) is 18.6 Å². The van der Waals surface area contributed by atoms with E-state index in [1.54, 1.807) is 19.5 Å². The van der Waals surface area contributed by atoms with Crippen LogP contribution in [0, 0.1) is 0 Å². The van der Waals surface area contributed by atoms with Crippen molar-refractivity contribution < 1.29 is 9.53 Å². The monoisotopic (exact) mass is 437 g/mol. The molecule has 1 saturated carbocycles. The number of hydrogen-bond acceptors (Lipinski definition) is 6. The Morgan fingerprint density at radius 3 is 2.68 bits per heavy atom. The van der Waals surface area contributed by atoms with Gasteiger partial charge in [0, 0.05) is 37.1 Å². The number of rotatable bonds is 7. The summed E-state index contributed by atoms with van der Waals surface area (Å²) in [5.74, 6) is 1.90. The molecule has 0 saturated heterocycles. The molecule has 7 nitrogen and oxygen atoms in total. The van der Waals surface area contributed by atoms with Gasteiger partial charge in [-0.1, -0.05) is 37.1 Å². The maximum atomic E-state index is 12.9. The lowest BCUT2D eigenvalue weighted by Gasteiger charge is -2.31. The standard InChI is InChI=1S/C23H27N5O2S/c1-27(18-7-4-3-5-8-18)21(29)16-31-23-26-25-22(17-11-13-24-14-12-17)28(23)19-9-6-10-20(15-19)30-2/h6,9-15,18H,3-5,7-8,16H2,1-2H3. The topological polar surface area (TPSA) is 73.1 Å². The highest BCUT2D eigenvalue weighted by Crippen LogP contribution is 2.30. The van der Waals surface area contributed by atoms with Crippen molar-refractivity contribution >= 4 is 17.7 Å². The number of aromatic nitrogens is 4. The third-order valence-corrected chi connectivity index (χ3v) is 6.64. The van der Waals surface area contributed by atoms with Gasteiger partial charge in [0.1, 0.15) is 5.75 Å². The Kier molecular flexibility index (Phi) is 6.86. The molecule has 0 bridgehead atoms. The summed E-state index contributed by atoms with van der Waals surface area (Å²) in [6, 6.07) is 11.9. The van der Waals surface area contributed by atoms with Crippen LogP contribution in [0.2, 0.25) is 0 Å². The average Bonchev–Trinajstić information content (AvgIpc) is 3.27. The fourth-order valence-electron chi connectivity index (χ4n) is 3.93. The van der Waals surface area contributed by atoms with E-state index in [0.29, 0.717) is 22.8 Å². The number of thioether (sulfide) groups is 1. The first-order chi connectivity index (χ1) is 15.2. The zero-order chi connectivity index (χ0) is 21.6. The maximum absolute atomic E-state index is 12.9. The molecule has 1 aromatic carbocycles. The zero-order valence-corrected chi connectivity index (χ0v) is 18.7. The molecule has 162 valence electrons. The van der Waals surface area contributed by atoms with Crippen LogP contribution in [0.5, 0.6) is 5.75 Å². The molecule has 0 N–H and O–H groups in total. The van der Waals surface area contributed by atoms with Crippen LogP contribution in [0.15, 0.2) is 53.9 Å². The lowest BCUT2D eigenvalue weighted by molar-refractivity contribution is -0.129. The van der Waals surface area contributed by atoms with Gasteiger partial charge >= 0.3 is 0 Å². The molecular weight excluding hydrogens is 410 g/mol. The van der Waals surface area contributed by atoms with E-state index in [1.165, 1.54) is 31.0 Å². The van der Waals surface area contributed by atoms with Crippen LogP contribution in [0.4, 0.5) is 0 Å². The van der Waals surface area contributed by atoms with Gasteiger partial charge in [-0.2, -0.15) is 0 Å². The summed E-state index contributed by atoms with van der Waals surface area (Å²) in [7, 11) is 3.57. The number of pyridine rings is 1. The van der Waals surface area contributed by atoms with E-state index < -0.39 is 0 Å². The molecule has 3 aromatic rings. The fraction of sp³-hybridized carbons (Fsp3) is 0.391. The number of ether oxygens (including phenoxy) is 1. The molecule has 4 rings (SSSR count). The van der Waals surface area contributed by atoms with E-state index in [1.807, 2.05) is 52.9 Å². The van der Waals surface area contributed by atoms with Gasteiger partial charge in [-0.25, -0.2) is 0 Å². The van der Waals surface area contributed by atoms with Crippen LogP contribution in [0.25, 0.3) is 17.1 Å². The summed E-state index contributed by atoms with van der Waals surface area (Å²) in [4.78, 5) is 18.9. The quantitative estimate of drug-likeness (QED) is 0.515. The van der Waals surface area contributed by atoms with Crippen LogP contribution in [0.3, 0.4) is 0 Å². The summed E-state index contributed by atoms with van der Waals surface area (Å²) >= 11 is 1.41. The number of hydrogen-bond donors (Lipinski definition) is 0. The second-order valence-electron chi connectivity index (χ2n) is 7.66. The molecule has 2 aromatic heterocycles. The molecule has 0 unspecified atom stereocenters. The molecule has 0 radical (unpaired) electrons. The molecule has 1 aliphatic carbocycles. The summed E-state index contributed by atoms with van der Waals surface area (Å²) < 4.78 is 7.37. The third-order valence-electron chi connectivity index (χ3n) is 5.72. The van der Waals surface area contributed by atoms with Gasteiger partial charge < -0.3 is 9.64 Å². The second-order valence-corrected chi connectivity index (χ2v) is 8.61. The van der Waals surface area contributed by atoms with Crippen molar-refractivity contribution in [2.45, 2.75) is 43.3 Å². The summed E-state index contributed by atoms with van der Waals surface area (Å²) in [6.45, 7) is 0. The van der Waals surface area contributed by atoms with Gasteiger partial charge in [-0.15, -0.1) is 10.2 Å². The Labute approximate surface area is 186 Å². The Balaban J connectivity index is 1.60. The van der Waals surface area contributed by atoms with E-state index >= 15 is 0 Å². The van der Waals surface area contributed by atoms with Crippen LogP contribution >= 0.6 is 11.8 Å². The first-order valence-electron chi connectivity index (χ1n) is 10.6. The highest BCUT2D eigenvalue weighted by Gasteiger charge is 2.23. The molecule has 8 heteroatoms. The lowest BCUT2D eigenvalue weighted by atomic mass is 9.94. The van der Waals surface area contributed by atoms with Gasteiger partial charge in [0.2, 0.25) is 5.91 Å². The lowest BCUT2D eigenvalue weighted by Crippen LogP contribution is -2.39. The molecule has 0 spiro atoms. The molecule has 1 fully saturated rings. The Morgan fingerprint density at radius 2 is 1.94 bits per heavy atom. The Bertz CT molecular complexity index is 1020. The van der Waals surface area contributed by atoms with E-state index in [9.17, 15) is 4.79 Å². The van der Waals surface area contributed by atoms with Gasteiger partial charge in [0.25, 0.3) is 0 Å². The van der Waals surface area contributed by atoms with E-state index in [-0.39, 0.29) is 5.91 Å². The van der Waals surface area contributed by atoms with E-state index in [0.717, 1.165) is 29.8 Å². The number of nitrogens with zero attached hydrogens (tertiary/aromatic N) is 5. The average molecular weight is 438 g/mol. The van der Waals surface area contributed by atoms with Crippen LogP contribution in [-0.4, -0.2) is 56.5 Å². The number of carbonyl (C=O) groups excluding carboxylic acids is 1. The molecule has 1 aliphatic rings. The summed E-state index contributed by atoms with van der Waals surface area (Å²) in [6.07, 6.45) is 9.33. The normalized spacial score (nSPS) is 14.4. The number of methoxy groups -OCH3 is 1. The predicted octanol–water partition coefficient (Wildman–Crippen LogP) is 4.22. The maximum Gasteiger partial charge on any atom is 0.233 e. The minimum atomic E-state index is 0.127. The first kappa shape index (κ1) is 21.4.